The first-order valence-electron chi connectivity index (χ1n) is 9.24. The Hall–Kier alpha value is -2.72. The second kappa shape index (κ2) is 8.97. The Bertz CT molecular complexity index is 1040. The van der Waals surface area contributed by atoms with Crippen LogP contribution in [0.4, 0.5) is 14.5 Å². The van der Waals surface area contributed by atoms with E-state index >= 15 is 0 Å². The van der Waals surface area contributed by atoms with Gasteiger partial charge in [-0.2, -0.15) is 4.31 Å². The van der Waals surface area contributed by atoms with Crippen molar-refractivity contribution in [2.75, 3.05) is 32.6 Å². The van der Waals surface area contributed by atoms with E-state index in [1.54, 1.807) is 18.2 Å². The van der Waals surface area contributed by atoms with Gasteiger partial charge in [-0.25, -0.2) is 17.2 Å². The van der Waals surface area contributed by atoms with E-state index in [4.69, 9.17) is 9.47 Å². The Balaban J connectivity index is 1.67. The maximum Gasteiger partial charge on any atom is 0.246 e. The highest BCUT2D eigenvalue weighted by molar-refractivity contribution is 7.89. The summed E-state index contributed by atoms with van der Waals surface area (Å²) in [6.45, 7) is 0.0479. The highest BCUT2D eigenvalue weighted by Gasteiger charge is 2.34. The molecule has 1 fully saturated rings. The molecule has 0 bridgehead atoms. The van der Waals surface area contributed by atoms with Gasteiger partial charge in [0.1, 0.15) is 28.0 Å². The zero-order chi connectivity index (χ0) is 21.9. The van der Waals surface area contributed by atoms with E-state index < -0.39 is 32.5 Å². The highest BCUT2D eigenvalue weighted by Crippen LogP contribution is 2.31. The molecule has 2 aromatic carbocycles. The van der Waals surface area contributed by atoms with E-state index in [0.717, 1.165) is 16.4 Å². The number of nitrogens with one attached hydrogen (secondary N) is 1. The third kappa shape index (κ3) is 4.54. The first kappa shape index (κ1) is 22.0. The fourth-order valence-corrected chi connectivity index (χ4v) is 4.85. The molecule has 0 spiro atoms. The van der Waals surface area contributed by atoms with Crippen LogP contribution in [0.2, 0.25) is 0 Å². The van der Waals surface area contributed by atoms with Crippen LogP contribution in [-0.2, 0) is 14.8 Å². The quantitative estimate of drug-likeness (QED) is 0.747. The number of carbonyl (C=O) groups is 1. The van der Waals surface area contributed by atoms with Crippen molar-refractivity contribution in [3.05, 3.63) is 48.0 Å². The summed E-state index contributed by atoms with van der Waals surface area (Å²) in [5.74, 6) is -1.54. The van der Waals surface area contributed by atoms with Gasteiger partial charge in [0, 0.05) is 25.1 Å². The lowest BCUT2D eigenvalue weighted by Crippen LogP contribution is -2.41. The van der Waals surface area contributed by atoms with Crippen LogP contribution < -0.4 is 14.8 Å². The average Bonchev–Trinajstić information content (AvgIpc) is 2.75. The van der Waals surface area contributed by atoms with Gasteiger partial charge in [-0.3, -0.25) is 4.79 Å². The van der Waals surface area contributed by atoms with Gasteiger partial charge in [-0.15, -0.1) is 0 Å². The summed E-state index contributed by atoms with van der Waals surface area (Å²) in [5.41, 5.74) is 0.472. The monoisotopic (exact) mass is 440 g/mol. The number of benzene rings is 2. The lowest BCUT2D eigenvalue weighted by Gasteiger charge is -2.30. The summed E-state index contributed by atoms with van der Waals surface area (Å²) in [5, 5.41) is 2.79. The lowest BCUT2D eigenvalue weighted by molar-refractivity contribution is -0.120. The normalized spacial score (nSPS) is 15.6. The van der Waals surface area contributed by atoms with Gasteiger partial charge in [0.05, 0.1) is 19.9 Å². The first-order chi connectivity index (χ1) is 14.3. The zero-order valence-corrected chi connectivity index (χ0v) is 17.3. The van der Waals surface area contributed by atoms with E-state index in [1.165, 1.54) is 14.2 Å². The minimum atomic E-state index is -4.19. The third-order valence-corrected chi connectivity index (χ3v) is 6.92. The standard InChI is InChI=1S/C20H22F2N2O5S/c1-28-15-4-6-17(18(12-15)29-2)23-20(25)13-7-9-24(10-8-13)30(26,27)19-11-14(21)3-5-16(19)22/h3-6,11-13H,7-10H2,1-2H3,(H,23,25). The van der Waals surface area contributed by atoms with Gasteiger partial charge in [0.25, 0.3) is 0 Å². The van der Waals surface area contributed by atoms with Crippen LogP contribution in [-0.4, -0.2) is 45.9 Å². The summed E-state index contributed by atoms with van der Waals surface area (Å²) in [7, 11) is -1.20. The van der Waals surface area contributed by atoms with Gasteiger partial charge in [-0.05, 0) is 43.2 Å². The Morgan fingerprint density at radius 3 is 2.40 bits per heavy atom. The van der Waals surface area contributed by atoms with Crippen LogP contribution in [0.25, 0.3) is 0 Å². The minimum Gasteiger partial charge on any atom is -0.497 e. The number of nitrogens with zero attached hydrogens (tertiary/aromatic N) is 1. The van der Waals surface area contributed by atoms with Crippen molar-refractivity contribution in [2.24, 2.45) is 5.92 Å². The molecular formula is C20H22F2N2O5S. The summed E-state index contributed by atoms with van der Waals surface area (Å²) in [6.07, 6.45) is 0.501. The van der Waals surface area contributed by atoms with Crippen molar-refractivity contribution in [3.63, 3.8) is 0 Å². The second-order valence-corrected chi connectivity index (χ2v) is 8.71. The number of sulfonamides is 1. The molecule has 0 saturated carbocycles. The molecule has 0 aromatic heterocycles. The zero-order valence-electron chi connectivity index (χ0n) is 16.5. The number of anilines is 1. The van der Waals surface area contributed by atoms with Gasteiger partial charge in [0.2, 0.25) is 15.9 Å². The maximum atomic E-state index is 13.9. The molecule has 1 aliphatic heterocycles. The highest BCUT2D eigenvalue weighted by atomic mass is 32.2. The van der Waals surface area contributed by atoms with E-state index in [2.05, 4.69) is 5.32 Å². The fraction of sp³-hybridized carbons (Fsp3) is 0.350. The predicted molar refractivity (Wildman–Crippen MR) is 106 cm³/mol. The number of methoxy groups -OCH3 is 2. The molecule has 10 heteroatoms. The van der Waals surface area contributed by atoms with Gasteiger partial charge in [0.15, 0.2) is 0 Å². The van der Waals surface area contributed by atoms with E-state index in [-0.39, 0.29) is 31.8 Å². The fourth-order valence-electron chi connectivity index (χ4n) is 3.31. The predicted octanol–water partition coefficient (Wildman–Crippen LogP) is 3.02. The number of carbonyl (C=O) groups excluding carboxylic acids is 1. The number of hydrogen-bond acceptors (Lipinski definition) is 5. The summed E-state index contributed by atoms with van der Waals surface area (Å²) in [4.78, 5) is 11.9. The number of rotatable bonds is 6. The van der Waals surface area contributed by atoms with Crippen LogP contribution in [0.1, 0.15) is 12.8 Å². The van der Waals surface area contributed by atoms with Gasteiger partial charge < -0.3 is 14.8 Å². The van der Waals surface area contributed by atoms with Gasteiger partial charge >= 0.3 is 0 Å². The molecule has 162 valence electrons. The minimum absolute atomic E-state index is 0.0239. The second-order valence-electron chi connectivity index (χ2n) is 6.81. The maximum absolute atomic E-state index is 13.9. The molecule has 0 unspecified atom stereocenters. The Kier molecular flexibility index (Phi) is 6.57. The molecule has 1 heterocycles. The van der Waals surface area contributed by atoms with E-state index in [1.807, 2.05) is 0 Å². The summed E-state index contributed by atoms with van der Waals surface area (Å²) in [6, 6.07) is 7.28. The van der Waals surface area contributed by atoms with Crippen LogP contribution in [0.5, 0.6) is 11.5 Å². The number of hydrogen-bond donors (Lipinski definition) is 1. The molecule has 0 aliphatic carbocycles. The van der Waals surface area contributed by atoms with E-state index in [9.17, 15) is 22.0 Å². The first-order valence-corrected chi connectivity index (χ1v) is 10.7. The number of piperidine rings is 1. The van der Waals surface area contributed by atoms with Crippen molar-refractivity contribution in [1.29, 1.82) is 0 Å². The number of ether oxygens (including phenoxy) is 2. The molecule has 0 atom stereocenters. The van der Waals surface area contributed by atoms with Crippen molar-refractivity contribution < 1.29 is 31.5 Å². The van der Waals surface area contributed by atoms with Crippen LogP contribution in [0, 0.1) is 17.6 Å². The molecule has 30 heavy (non-hydrogen) atoms. The van der Waals surface area contributed by atoms with Crippen LogP contribution in [0.3, 0.4) is 0 Å². The molecule has 2 aromatic rings. The average molecular weight is 440 g/mol. The lowest BCUT2D eigenvalue weighted by atomic mass is 9.97. The SMILES string of the molecule is COc1ccc(NC(=O)C2CCN(S(=O)(=O)c3cc(F)ccc3F)CC2)c(OC)c1. The Morgan fingerprint density at radius 1 is 1.07 bits per heavy atom. The third-order valence-electron chi connectivity index (χ3n) is 5.00. The molecule has 3 rings (SSSR count). The van der Waals surface area contributed by atoms with Crippen molar-refractivity contribution in [3.8, 4) is 11.5 Å². The number of amides is 1. The Morgan fingerprint density at radius 2 is 1.77 bits per heavy atom. The van der Waals surface area contributed by atoms with Crippen molar-refractivity contribution >= 4 is 21.6 Å². The summed E-state index contributed by atoms with van der Waals surface area (Å²) >= 11 is 0. The van der Waals surface area contributed by atoms with Crippen LogP contribution >= 0.6 is 0 Å². The largest absolute Gasteiger partial charge is 0.497 e. The Labute approximate surface area is 173 Å². The molecule has 1 saturated heterocycles. The van der Waals surface area contributed by atoms with E-state index in [0.29, 0.717) is 23.3 Å². The van der Waals surface area contributed by atoms with Crippen molar-refractivity contribution in [1.82, 2.24) is 4.31 Å². The number of halogens is 2. The smallest absolute Gasteiger partial charge is 0.246 e. The molecule has 0 radical (unpaired) electrons. The molecule has 7 nitrogen and oxygen atoms in total. The molecular weight excluding hydrogens is 418 g/mol. The van der Waals surface area contributed by atoms with Crippen LogP contribution in [0.15, 0.2) is 41.3 Å². The molecule has 1 aliphatic rings. The topological polar surface area (TPSA) is 84.9 Å². The van der Waals surface area contributed by atoms with Crippen molar-refractivity contribution in [2.45, 2.75) is 17.7 Å². The summed E-state index contributed by atoms with van der Waals surface area (Å²) < 4.78 is 64.1. The van der Waals surface area contributed by atoms with Gasteiger partial charge in [-0.1, -0.05) is 0 Å². The molecule has 1 amide bonds. The molecule has 1 N–H and O–H groups in total.